The van der Waals surface area contributed by atoms with Crippen molar-refractivity contribution in [3.8, 4) is 5.69 Å². The summed E-state index contributed by atoms with van der Waals surface area (Å²) in [6, 6.07) is 5.02. The molecule has 110 valence electrons. The normalized spacial score (nSPS) is 10.9. The van der Waals surface area contributed by atoms with Crippen LogP contribution in [0.2, 0.25) is 5.15 Å². The van der Waals surface area contributed by atoms with E-state index in [9.17, 15) is 29.0 Å². The number of hydrogen-bond acceptors (Lipinski definition) is 5. The second-order valence-electron chi connectivity index (χ2n) is 3.74. The average molecular weight is 319 g/mol. The van der Waals surface area contributed by atoms with Crippen LogP contribution in [0.3, 0.4) is 0 Å². The molecule has 0 spiro atoms. The number of rotatable bonds is 4. The molecule has 0 radical (unpaired) electrons. The number of nitro benzene ring substituents is 1. The number of aromatic nitrogens is 2. The molecule has 0 N–H and O–H groups in total. The molecule has 1 aromatic carbocycles. The van der Waals surface area contributed by atoms with Gasteiger partial charge in [0, 0.05) is 6.07 Å². The first-order chi connectivity index (χ1) is 9.84. The predicted molar refractivity (Wildman–Crippen MR) is 66.8 cm³/mol. The standard InChI is InChI=1S/C10H5ClF2N4O4/c11-9-8(17(20)21)7(10(12)13)14-15(9)5-3-1-2-4-6(5)16(18)19/h1-4,10H. The molecule has 21 heavy (non-hydrogen) atoms. The van der Waals surface area contributed by atoms with Gasteiger partial charge in [0.05, 0.1) is 9.85 Å². The van der Waals surface area contributed by atoms with Gasteiger partial charge < -0.3 is 0 Å². The Morgan fingerprint density at radius 1 is 1.19 bits per heavy atom. The Kier molecular flexibility index (Phi) is 3.80. The monoisotopic (exact) mass is 318 g/mol. The topological polar surface area (TPSA) is 104 Å². The van der Waals surface area contributed by atoms with Gasteiger partial charge in [0.25, 0.3) is 12.1 Å². The zero-order chi connectivity index (χ0) is 15.7. The molecule has 1 aromatic heterocycles. The lowest BCUT2D eigenvalue weighted by molar-refractivity contribution is -0.386. The first kappa shape index (κ1) is 14.8. The van der Waals surface area contributed by atoms with E-state index in [2.05, 4.69) is 5.10 Å². The van der Waals surface area contributed by atoms with Crippen LogP contribution < -0.4 is 0 Å². The molecule has 1 heterocycles. The third-order valence-corrected chi connectivity index (χ3v) is 2.87. The summed E-state index contributed by atoms with van der Waals surface area (Å²) in [5.74, 6) is 0. The maximum Gasteiger partial charge on any atom is 0.335 e. The molecule has 0 bridgehead atoms. The number of benzene rings is 1. The number of para-hydroxylation sites is 2. The van der Waals surface area contributed by atoms with E-state index in [1.54, 1.807) is 0 Å². The van der Waals surface area contributed by atoms with Crippen molar-refractivity contribution in [1.29, 1.82) is 0 Å². The fourth-order valence-electron chi connectivity index (χ4n) is 1.68. The fraction of sp³-hybridized carbons (Fsp3) is 0.100. The smallest absolute Gasteiger partial charge is 0.258 e. The highest BCUT2D eigenvalue weighted by atomic mass is 35.5. The van der Waals surface area contributed by atoms with Crippen molar-refractivity contribution in [2.24, 2.45) is 0 Å². The summed E-state index contributed by atoms with van der Waals surface area (Å²) < 4.78 is 26.1. The van der Waals surface area contributed by atoms with Crippen LogP contribution in [0.5, 0.6) is 0 Å². The van der Waals surface area contributed by atoms with Crippen molar-refractivity contribution in [1.82, 2.24) is 9.78 Å². The Morgan fingerprint density at radius 3 is 2.29 bits per heavy atom. The quantitative estimate of drug-likeness (QED) is 0.635. The van der Waals surface area contributed by atoms with Crippen molar-refractivity contribution in [3.05, 3.63) is 55.3 Å². The summed E-state index contributed by atoms with van der Waals surface area (Å²) in [7, 11) is 0. The number of alkyl halides is 2. The van der Waals surface area contributed by atoms with Gasteiger partial charge in [0.15, 0.2) is 0 Å². The minimum atomic E-state index is -3.24. The maximum atomic E-state index is 12.8. The Balaban J connectivity index is 2.75. The highest BCUT2D eigenvalue weighted by Gasteiger charge is 2.34. The SMILES string of the molecule is O=[N+]([O-])c1ccccc1-n1nc(C(F)F)c([N+](=O)[O-])c1Cl. The van der Waals surface area contributed by atoms with Crippen molar-refractivity contribution in [3.63, 3.8) is 0 Å². The van der Waals surface area contributed by atoms with Crippen molar-refractivity contribution < 1.29 is 18.6 Å². The van der Waals surface area contributed by atoms with Gasteiger partial charge in [-0.1, -0.05) is 23.7 Å². The van der Waals surface area contributed by atoms with E-state index in [-0.39, 0.29) is 5.69 Å². The summed E-state index contributed by atoms with van der Waals surface area (Å²) in [4.78, 5) is 19.8. The molecule has 0 aliphatic heterocycles. The molecule has 0 saturated carbocycles. The average Bonchev–Trinajstić information content (AvgIpc) is 2.76. The number of nitro groups is 2. The molecule has 0 unspecified atom stereocenters. The van der Waals surface area contributed by atoms with Crippen LogP contribution >= 0.6 is 11.6 Å². The summed E-state index contributed by atoms with van der Waals surface area (Å²) in [6.07, 6.45) is -3.24. The zero-order valence-corrected chi connectivity index (χ0v) is 10.7. The highest BCUT2D eigenvalue weighted by Crippen LogP contribution is 2.37. The number of halogens is 3. The van der Waals surface area contributed by atoms with E-state index < -0.39 is 38.5 Å². The number of hydrogen-bond donors (Lipinski definition) is 0. The van der Waals surface area contributed by atoms with Gasteiger partial charge in [0.2, 0.25) is 10.8 Å². The largest absolute Gasteiger partial charge is 0.335 e. The molecule has 11 heteroatoms. The molecular weight excluding hydrogens is 314 g/mol. The second-order valence-corrected chi connectivity index (χ2v) is 4.10. The Morgan fingerprint density at radius 2 is 1.81 bits per heavy atom. The lowest BCUT2D eigenvalue weighted by Gasteiger charge is -2.02. The Bertz CT molecular complexity index is 734. The van der Waals surface area contributed by atoms with Gasteiger partial charge in [-0.05, 0) is 6.07 Å². The van der Waals surface area contributed by atoms with Crippen molar-refractivity contribution in [2.45, 2.75) is 6.43 Å². The Labute approximate surface area is 119 Å². The van der Waals surface area contributed by atoms with Gasteiger partial charge in [-0.25, -0.2) is 13.5 Å². The fourth-order valence-corrected chi connectivity index (χ4v) is 1.97. The second kappa shape index (κ2) is 5.40. The summed E-state index contributed by atoms with van der Waals surface area (Å²) in [5, 5.41) is 24.3. The number of nitrogens with zero attached hydrogens (tertiary/aromatic N) is 4. The molecule has 0 aliphatic carbocycles. The van der Waals surface area contributed by atoms with Crippen LogP contribution in [-0.4, -0.2) is 19.6 Å². The van der Waals surface area contributed by atoms with E-state index in [1.807, 2.05) is 0 Å². The van der Waals surface area contributed by atoms with Gasteiger partial charge in [-0.15, -0.1) is 0 Å². The molecule has 8 nitrogen and oxygen atoms in total. The summed E-state index contributed by atoms with van der Waals surface area (Å²) in [5.41, 5.74) is -2.95. The van der Waals surface area contributed by atoms with Gasteiger partial charge in [-0.3, -0.25) is 20.2 Å². The van der Waals surface area contributed by atoms with E-state index in [0.29, 0.717) is 4.68 Å². The molecule has 0 fully saturated rings. The van der Waals surface area contributed by atoms with Crippen LogP contribution in [0.4, 0.5) is 20.2 Å². The maximum absolute atomic E-state index is 12.8. The van der Waals surface area contributed by atoms with E-state index >= 15 is 0 Å². The van der Waals surface area contributed by atoms with E-state index in [0.717, 1.165) is 6.07 Å². The lowest BCUT2D eigenvalue weighted by Crippen LogP contribution is -2.02. The molecule has 2 rings (SSSR count). The van der Waals surface area contributed by atoms with Crippen LogP contribution in [0.15, 0.2) is 24.3 Å². The Hall–Kier alpha value is -2.62. The first-order valence-electron chi connectivity index (χ1n) is 5.29. The van der Waals surface area contributed by atoms with Crippen LogP contribution in [-0.2, 0) is 0 Å². The van der Waals surface area contributed by atoms with Crippen molar-refractivity contribution >= 4 is 23.0 Å². The third kappa shape index (κ3) is 2.52. The van der Waals surface area contributed by atoms with Crippen LogP contribution in [0, 0.1) is 20.2 Å². The van der Waals surface area contributed by atoms with E-state index in [4.69, 9.17) is 11.6 Å². The minimum absolute atomic E-state index is 0.248. The lowest BCUT2D eigenvalue weighted by atomic mass is 10.3. The summed E-state index contributed by atoms with van der Waals surface area (Å²) in [6.45, 7) is 0. The molecule has 2 aromatic rings. The first-order valence-corrected chi connectivity index (χ1v) is 5.67. The summed E-state index contributed by atoms with van der Waals surface area (Å²) >= 11 is 5.68. The van der Waals surface area contributed by atoms with Crippen LogP contribution in [0.1, 0.15) is 12.1 Å². The molecular formula is C10H5ClF2N4O4. The van der Waals surface area contributed by atoms with Gasteiger partial charge in [-0.2, -0.15) is 5.10 Å². The molecule has 0 aliphatic rings. The third-order valence-electron chi connectivity index (χ3n) is 2.53. The van der Waals surface area contributed by atoms with Crippen LogP contribution in [0.25, 0.3) is 5.69 Å². The zero-order valence-electron chi connectivity index (χ0n) is 9.94. The molecule has 0 saturated heterocycles. The molecule has 0 amide bonds. The van der Waals surface area contributed by atoms with Gasteiger partial charge >= 0.3 is 5.69 Å². The molecule has 0 atom stereocenters. The highest BCUT2D eigenvalue weighted by molar-refractivity contribution is 6.32. The van der Waals surface area contributed by atoms with Gasteiger partial charge in [0.1, 0.15) is 5.69 Å². The van der Waals surface area contributed by atoms with E-state index in [1.165, 1.54) is 18.2 Å². The van der Waals surface area contributed by atoms with Crippen molar-refractivity contribution in [2.75, 3.05) is 0 Å². The minimum Gasteiger partial charge on any atom is -0.258 e. The predicted octanol–water partition coefficient (Wildman–Crippen LogP) is 3.28.